The van der Waals surface area contributed by atoms with E-state index in [1.54, 1.807) is 36.4 Å². The van der Waals surface area contributed by atoms with Gasteiger partial charge in [-0.25, -0.2) is 20.7 Å². The van der Waals surface area contributed by atoms with Crippen LogP contribution in [0.3, 0.4) is 0 Å². The molecule has 2 fully saturated rings. The second kappa shape index (κ2) is 9.12. The molecule has 3 aliphatic rings. The minimum Gasteiger partial charge on any atom is -0.497 e. The summed E-state index contributed by atoms with van der Waals surface area (Å²) in [6.45, 7) is 4.06. The van der Waals surface area contributed by atoms with E-state index in [0.29, 0.717) is 17.2 Å². The second-order valence-electron chi connectivity index (χ2n) is 9.01. The summed E-state index contributed by atoms with van der Waals surface area (Å²) in [4.78, 5) is 27.5. The molecule has 0 spiro atoms. The first kappa shape index (κ1) is 23.0. The van der Waals surface area contributed by atoms with E-state index in [1.165, 1.54) is 28.8 Å². The normalized spacial score (nSPS) is 22.8. The Kier molecular flexibility index (Phi) is 6.00. The molecule has 0 aromatic heterocycles. The van der Waals surface area contributed by atoms with Crippen molar-refractivity contribution in [3.8, 4) is 11.5 Å². The molecule has 0 aliphatic carbocycles. The van der Waals surface area contributed by atoms with Gasteiger partial charge in [-0.2, -0.15) is 0 Å². The third-order valence-electron chi connectivity index (χ3n) is 6.73. The Bertz CT molecular complexity index is 1180. The van der Waals surface area contributed by atoms with Crippen molar-refractivity contribution in [1.82, 2.24) is 25.8 Å². The number of methoxy groups -OCH3 is 2. The van der Waals surface area contributed by atoms with Gasteiger partial charge in [-0.15, -0.1) is 0 Å². The molecule has 184 valence electrons. The lowest BCUT2D eigenvalue weighted by Gasteiger charge is -2.34. The van der Waals surface area contributed by atoms with Gasteiger partial charge >= 0.3 is 6.03 Å². The Morgan fingerprint density at radius 1 is 1.09 bits per heavy atom. The molecule has 35 heavy (non-hydrogen) atoms. The summed E-state index contributed by atoms with van der Waals surface area (Å²) in [7, 11) is 3.08. The molecule has 2 aromatic rings. The molecule has 2 saturated heterocycles. The lowest BCUT2D eigenvalue weighted by atomic mass is 9.95. The number of urea groups is 1. The van der Waals surface area contributed by atoms with Gasteiger partial charge in [0.2, 0.25) is 5.91 Å². The maximum absolute atomic E-state index is 13.1. The number of aryl methyl sites for hydroxylation is 2. The van der Waals surface area contributed by atoms with Crippen LogP contribution in [-0.2, 0) is 4.79 Å². The Morgan fingerprint density at radius 3 is 2.69 bits per heavy atom. The zero-order valence-electron chi connectivity index (χ0n) is 20.2. The molecule has 2 aromatic carbocycles. The number of hydrogen-bond acceptors (Lipinski definition) is 7. The molecule has 3 amide bonds. The number of rotatable bonds is 6. The van der Waals surface area contributed by atoms with Gasteiger partial charge in [0, 0.05) is 18.5 Å². The van der Waals surface area contributed by atoms with Crippen LogP contribution in [0, 0.1) is 13.8 Å². The number of anilines is 1. The highest BCUT2D eigenvalue weighted by molar-refractivity contribution is 5.96. The number of amides is 3. The molecule has 3 atom stereocenters. The minimum absolute atomic E-state index is 0.0172. The average molecular weight is 479 g/mol. The summed E-state index contributed by atoms with van der Waals surface area (Å²) in [5.74, 6) is 0.755. The Labute approximate surface area is 204 Å². The molecule has 0 bridgehead atoms. The van der Waals surface area contributed by atoms with E-state index < -0.39 is 0 Å². The number of nitrogens with one attached hydrogen (secondary N) is 3. The van der Waals surface area contributed by atoms with E-state index in [2.05, 4.69) is 53.2 Å². The minimum atomic E-state index is -0.340. The summed E-state index contributed by atoms with van der Waals surface area (Å²) >= 11 is 0. The highest BCUT2D eigenvalue weighted by Gasteiger charge is 2.48. The monoisotopic (exact) mass is 478 g/mol. The highest BCUT2D eigenvalue weighted by atomic mass is 16.5. The van der Waals surface area contributed by atoms with Crippen LogP contribution in [-0.4, -0.2) is 59.8 Å². The number of carbonyl (C=O) groups is 2. The van der Waals surface area contributed by atoms with Crippen LogP contribution in [0.1, 0.15) is 29.2 Å². The quantitative estimate of drug-likeness (QED) is 0.587. The number of carbonyl (C=O) groups excluding carboxylic acids is 2. The summed E-state index contributed by atoms with van der Waals surface area (Å²) in [5, 5.41) is 6.23. The number of hydrazine groups is 2. The lowest BCUT2D eigenvalue weighted by Crippen LogP contribution is -2.54. The van der Waals surface area contributed by atoms with E-state index in [0.717, 1.165) is 6.42 Å². The highest BCUT2D eigenvalue weighted by Crippen LogP contribution is 2.36. The Morgan fingerprint density at radius 2 is 1.91 bits per heavy atom. The lowest BCUT2D eigenvalue weighted by molar-refractivity contribution is -0.117. The maximum Gasteiger partial charge on any atom is 0.340 e. The SMILES string of the molecule is COc1ccc(NC(=O)CN2NC3C4CC(c5cc(C)ccc5C)NN4C=CN3C2=O)c(OC)c1. The third-order valence-corrected chi connectivity index (χ3v) is 6.73. The van der Waals surface area contributed by atoms with E-state index in [-0.39, 0.29) is 36.7 Å². The fourth-order valence-corrected chi connectivity index (χ4v) is 4.91. The largest absolute Gasteiger partial charge is 0.497 e. The predicted molar refractivity (Wildman–Crippen MR) is 130 cm³/mol. The fourth-order valence-electron chi connectivity index (χ4n) is 4.91. The second-order valence-corrected chi connectivity index (χ2v) is 9.01. The topological polar surface area (TPSA) is 98.4 Å². The molecule has 3 unspecified atom stereocenters. The van der Waals surface area contributed by atoms with Crippen molar-refractivity contribution in [2.24, 2.45) is 0 Å². The Hall–Kier alpha value is -3.76. The van der Waals surface area contributed by atoms with Crippen LogP contribution in [0.15, 0.2) is 48.8 Å². The first-order valence-electron chi connectivity index (χ1n) is 11.6. The predicted octanol–water partition coefficient (Wildman–Crippen LogP) is 2.63. The van der Waals surface area contributed by atoms with Crippen molar-refractivity contribution in [1.29, 1.82) is 0 Å². The zero-order chi connectivity index (χ0) is 24.7. The molecule has 0 saturated carbocycles. The van der Waals surface area contributed by atoms with Crippen molar-refractivity contribution in [3.63, 3.8) is 0 Å². The van der Waals surface area contributed by atoms with Crippen LogP contribution in [0.5, 0.6) is 11.5 Å². The molecule has 3 aliphatic heterocycles. The van der Waals surface area contributed by atoms with Crippen LogP contribution in [0.25, 0.3) is 0 Å². The first-order chi connectivity index (χ1) is 16.9. The molecular formula is C25H30N6O4. The summed E-state index contributed by atoms with van der Waals surface area (Å²) < 4.78 is 10.5. The molecular weight excluding hydrogens is 448 g/mol. The van der Waals surface area contributed by atoms with Gasteiger partial charge in [-0.1, -0.05) is 23.8 Å². The van der Waals surface area contributed by atoms with Gasteiger partial charge in [-0.05, 0) is 43.5 Å². The van der Waals surface area contributed by atoms with E-state index >= 15 is 0 Å². The number of ether oxygens (including phenoxy) is 2. The smallest absolute Gasteiger partial charge is 0.340 e. The number of nitrogens with zero attached hydrogens (tertiary/aromatic N) is 3. The van der Waals surface area contributed by atoms with Gasteiger partial charge < -0.3 is 19.8 Å². The van der Waals surface area contributed by atoms with Crippen molar-refractivity contribution in [3.05, 3.63) is 65.5 Å². The molecule has 10 heteroatoms. The van der Waals surface area contributed by atoms with Crippen molar-refractivity contribution in [2.75, 3.05) is 26.1 Å². The zero-order valence-corrected chi connectivity index (χ0v) is 20.2. The van der Waals surface area contributed by atoms with Gasteiger partial charge in [0.05, 0.1) is 32.0 Å². The molecule has 0 radical (unpaired) electrons. The summed E-state index contributed by atoms with van der Waals surface area (Å²) in [6.07, 6.45) is 4.18. The van der Waals surface area contributed by atoms with E-state index in [4.69, 9.17) is 9.47 Å². The molecule has 10 nitrogen and oxygen atoms in total. The van der Waals surface area contributed by atoms with Gasteiger partial charge in [0.1, 0.15) is 24.2 Å². The first-order valence-corrected chi connectivity index (χ1v) is 11.6. The number of hydrogen-bond donors (Lipinski definition) is 3. The van der Waals surface area contributed by atoms with Crippen molar-refractivity contribution < 1.29 is 19.1 Å². The van der Waals surface area contributed by atoms with E-state index in [9.17, 15) is 9.59 Å². The molecule has 3 heterocycles. The Balaban J connectivity index is 1.26. The number of benzene rings is 2. The standard InChI is InChI=1S/C25H30N6O4/c1-15-5-6-16(2)18(11-15)20-13-21-24-28-31(25(33)29(24)9-10-30(21)27-20)14-23(32)26-19-8-7-17(34-3)12-22(19)35-4/h5-12,20-21,24,27-28H,13-14H2,1-4H3,(H,26,32). The fraction of sp³-hybridized carbons (Fsp3) is 0.360. The summed E-state index contributed by atoms with van der Waals surface area (Å²) in [5.41, 5.74) is 11.0. The molecule has 5 rings (SSSR count). The van der Waals surface area contributed by atoms with Crippen LogP contribution >= 0.6 is 0 Å². The number of fused-ring (bicyclic) bond motifs is 3. The average Bonchev–Trinajstić information content (AvgIpc) is 3.42. The van der Waals surface area contributed by atoms with E-state index in [1.807, 2.05) is 6.20 Å². The van der Waals surface area contributed by atoms with Crippen LogP contribution in [0.4, 0.5) is 10.5 Å². The third kappa shape index (κ3) is 4.26. The van der Waals surface area contributed by atoms with Gasteiger partial charge in [0.15, 0.2) is 0 Å². The van der Waals surface area contributed by atoms with Crippen LogP contribution in [0.2, 0.25) is 0 Å². The van der Waals surface area contributed by atoms with Crippen LogP contribution < -0.4 is 25.6 Å². The maximum atomic E-state index is 13.1. The van der Waals surface area contributed by atoms with Gasteiger partial charge in [-0.3, -0.25) is 9.69 Å². The van der Waals surface area contributed by atoms with Crippen molar-refractivity contribution in [2.45, 2.75) is 38.5 Å². The molecule has 3 N–H and O–H groups in total. The van der Waals surface area contributed by atoms with Gasteiger partial charge in [0.25, 0.3) is 0 Å². The summed E-state index contributed by atoms with van der Waals surface area (Å²) in [6, 6.07) is 11.5. The van der Waals surface area contributed by atoms with Crippen molar-refractivity contribution >= 4 is 17.6 Å².